The highest BCUT2D eigenvalue weighted by Crippen LogP contribution is 2.13. The van der Waals surface area contributed by atoms with Crippen LogP contribution in [0.15, 0.2) is 35.3 Å². The first kappa shape index (κ1) is 24.5. The first-order valence-corrected chi connectivity index (χ1v) is 9.87. The number of primary amides is 1. The molecule has 0 bridgehead atoms. The molecule has 1 heterocycles. The predicted octanol–water partition coefficient (Wildman–Crippen LogP) is 1.97. The molecule has 0 saturated carbocycles. The Balaban J connectivity index is 0.00000392. The van der Waals surface area contributed by atoms with Crippen molar-refractivity contribution < 1.29 is 9.53 Å². The van der Waals surface area contributed by atoms with Gasteiger partial charge in [-0.25, -0.2) is 4.99 Å². The van der Waals surface area contributed by atoms with E-state index in [1.807, 2.05) is 30.3 Å². The smallest absolute Gasteiger partial charge is 0.231 e. The van der Waals surface area contributed by atoms with Crippen molar-refractivity contribution >= 4 is 35.8 Å². The number of hydrogen-bond acceptors (Lipinski definition) is 4. The lowest BCUT2D eigenvalue weighted by molar-refractivity contribution is -0.119. The van der Waals surface area contributed by atoms with E-state index in [-0.39, 0.29) is 36.0 Å². The summed E-state index contributed by atoms with van der Waals surface area (Å²) in [5, 5.41) is 6.83. The number of carbonyl (C=O) groups is 1. The summed E-state index contributed by atoms with van der Waals surface area (Å²) < 4.78 is 6.02. The first-order valence-electron chi connectivity index (χ1n) is 9.87. The van der Waals surface area contributed by atoms with Crippen LogP contribution in [-0.2, 0) is 4.79 Å². The molecule has 1 atom stereocenters. The van der Waals surface area contributed by atoms with Gasteiger partial charge in [0.25, 0.3) is 0 Å². The number of hydrogen-bond donors (Lipinski definition) is 3. The van der Waals surface area contributed by atoms with Gasteiger partial charge < -0.3 is 21.1 Å². The van der Waals surface area contributed by atoms with Crippen LogP contribution in [0, 0.1) is 0 Å². The molecule has 7 nitrogen and oxygen atoms in total. The largest absolute Gasteiger partial charge is 0.489 e. The summed E-state index contributed by atoms with van der Waals surface area (Å²) in [5.41, 5.74) is 5.28. The molecule has 28 heavy (non-hydrogen) atoms. The number of benzene rings is 1. The molecule has 1 aliphatic heterocycles. The Kier molecular flexibility index (Phi) is 11.9. The SMILES string of the molecule is CCNC(=NCC(CC)Oc1ccccc1)NC1CCN(CC(N)=O)CC1.I. The van der Waals surface area contributed by atoms with E-state index in [0.717, 1.165) is 50.6 Å². The number of ether oxygens (including phenoxy) is 1. The zero-order chi connectivity index (χ0) is 19.5. The third kappa shape index (κ3) is 9.09. The number of likely N-dealkylation sites (tertiary alicyclic amines) is 1. The number of para-hydroxylation sites is 1. The van der Waals surface area contributed by atoms with Crippen LogP contribution in [0.25, 0.3) is 0 Å². The molecule has 1 aromatic rings. The summed E-state index contributed by atoms with van der Waals surface area (Å²) in [6, 6.07) is 10.2. The van der Waals surface area contributed by atoms with Crippen molar-refractivity contribution in [1.29, 1.82) is 0 Å². The van der Waals surface area contributed by atoms with Crippen LogP contribution in [-0.4, -0.2) is 61.6 Å². The number of amides is 1. The maximum atomic E-state index is 11.0. The number of nitrogens with one attached hydrogen (secondary N) is 2. The molecule has 0 aromatic heterocycles. The molecule has 0 spiro atoms. The highest BCUT2D eigenvalue weighted by atomic mass is 127. The van der Waals surface area contributed by atoms with Gasteiger partial charge in [0.05, 0.1) is 13.1 Å². The summed E-state index contributed by atoms with van der Waals surface area (Å²) in [6.45, 7) is 7.66. The number of piperidine rings is 1. The van der Waals surface area contributed by atoms with E-state index >= 15 is 0 Å². The van der Waals surface area contributed by atoms with Gasteiger partial charge in [0.2, 0.25) is 5.91 Å². The minimum atomic E-state index is -0.264. The fourth-order valence-corrected chi connectivity index (χ4v) is 3.10. The van der Waals surface area contributed by atoms with Gasteiger partial charge >= 0.3 is 0 Å². The Morgan fingerprint density at radius 2 is 1.96 bits per heavy atom. The van der Waals surface area contributed by atoms with E-state index in [2.05, 4.69) is 29.4 Å². The third-order valence-corrected chi connectivity index (χ3v) is 4.61. The van der Waals surface area contributed by atoms with Gasteiger partial charge in [0.1, 0.15) is 11.9 Å². The summed E-state index contributed by atoms with van der Waals surface area (Å²) >= 11 is 0. The van der Waals surface area contributed by atoms with Crippen LogP contribution in [0.3, 0.4) is 0 Å². The molecule has 0 radical (unpaired) electrons. The number of rotatable bonds is 9. The number of halogens is 1. The lowest BCUT2D eigenvalue weighted by Crippen LogP contribution is -2.50. The lowest BCUT2D eigenvalue weighted by atomic mass is 10.1. The maximum Gasteiger partial charge on any atom is 0.231 e. The summed E-state index contributed by atoms with van der Waals surface area (Å²) in [5.74, 6) is 1.43. The number of guanidine groups is 1. The highest BCUT2D eigenvalue weighted by molar-refractivity contribution is 14.0. The number of nitrogens with two attached hydrogens (primary N) is 1. The second-order valence-electron chi connectivity index (χ2n) is 6.84. The quantitative estimate of drug-likeness (QED) is 0.272. The molecule has 1 fully saturated rings. The van der Waals surface area contributed by atoms with Crippen molar-refractivity contribution in [3.05, 3.63) is 30.3 Å². The average Bonchev–Trinajstić information content (AvgIpc) is 2.67. The molecule has 1 saturated heterocycles. The molecule has 8 heteroatoms. The zero-order valence-electron chi connectivity index (χ0n) is 16.9. The lowest BCUT2D eigenvalue weighted by Gasteiger charge is -2.32. The van der Waals surface area contributed by atoms with Gasteiger partial charge in [-0.3, -0.25) is 9.69 Å². The van der Waals surface area contributed by atoms with E-state index in [9.17, 15) is 4.79 Å². The molecular weight excluding hydrogens is 469 g/mol. The van der Waals surface area contributed by atoms with Crippen molar-refractivity contribution in [2.75, 3.05) is 32.7 Å². The van der Waals surface area contributed by atoms with Gasteiger partial charge in [-0.15, -0.1) is 24.0 Å². The summed E-state index contributed by atoms with van der Waals surface area (Å²) in [4.78, 5) is 17.9. The molecular formula is C20H34IN5O2. The first-order chi connectivity index (χ1) is 13.1. The second kappa shape index (κ2) is 13.6. The molecule has 0 aliphatic carbocycles. The number of aliphatic imine (C=N–C) groups is 1. The Hall–Kier alpha value is -1.55. The molecule has 1 aliphatic rings. The van der Waals surface area contributed by atoms with Crippen LogP contribution in [0.1, 0.15) is 33.1 Å². The number of nitrogens with zero attached hydrogens (tertiary/aromatic N) is 2. The van der Waals surface area contributed by atoms with Crippen molar-refractivity contribution in [3.8, 4) is 5.75 Å². The fraction of sp³-hybridized carbons (Fsp3) is 0.600. The van der Waals surface area contributed by atoms with Crippen LogP contribution in [0.5, 0.6) is 5.75 Å². The monoisotopic (exact) mass is 503 g/mol. The van der Waals surface area contributed by atoms with Gasteiger partial charge in [-0.1, -0.05) is 25.1 Å². The standard InChI is InChI=1S/C20H33N5O2.HI/c1-3-17(27-18-8-6-5-7-9-18)14-23-20(22-4-2)24-16-10-12-25(13-11-16)15-19(21)26;/h5-9,16-17H,3-4,10-15H2,1-2H3,(H2,21,26)(H2,22,23,24);1H. The molecule has 4 N–H and O–H groups in total. The van der Waals surface area contributed by atoms with Crippen molar-refractivity contribution in [2.45, 2.75) is 45.3 Å². The van der Waals surface area contributed by atoms with Crippen molar-refractivity contribution in [2.24, 2.45) is 10.7 Å². The Morgan fingerprint density at radius 1 is 1.29 bits per heavy atom. The van der Waals surface area contributed by atoms with Crippen molar-refractivity contribution in [3.63, 3.8) is 0 Å². The van der Waals surface area contributed by atoms with E-state index in [0.29, 0.717) is 19.1 Å². The van der Waals surface area contributed by atoms with E-state index in [1.54, 1.807) is 0 Å². The zero-order valence-corrected chi connectivity index (χ0v) is 19.2. The maximum absolute atomic E-state index is 11.0. The Bertz CT molecular complexity index is 592. The van der Waals surface area contributed by atoms with Crippen LogP contribution < -0.4 is 21.1 Å². The van der Waals surface area contributed by atoms with E-state index < -0.39 is 0 Å². The van der Waals surface area contributed by atoms with Crippen molar-refractivity contribution in [1.82, 2.24) is 15.5 Å². The van der Waals surface area contributed by atoms with Crippen LogP contribution >= 0.6 is 24.0 Å². The molecule has 1 aromatic carbocycles. The predicted molar refractivity (Wildman–Crippen MR) is 124 cm³/mol. The molecule has 158 valence electrons. The van der Waals surface area contributed by atoms with E-state index in [1.165, 1.54) is 0 Å². The minimum absolute atomic E-state index is 0. The topological polar surface area (TPSA) is 92.0 Å². The third-order valence-electron chi connectivity index (χ3n) is 4.61. The highest BCUT2D eigenvalue weighted by Gasteiger charge is 2.21. The molecule has 1 amide bonds. The molecule has 1 unspecified atom stereocenters. The normalized spacial score (nSPS) is 16.7. The van der Waals surface area contributed by atoms with Gasteiger partial charge in [-0.2, -0.15) is 0 Å². The summed E-state index contributed by atoms with van der Waals surface area (Å²) in [6.07, 6.45) is 2.87. The van der Waals surface area contributed by atoms with E-state index in [4.69, 9.17) is 15.5 Å². The van der Waals surface area contributed by atoms with Crippen LogP contribution in [0.4, 0.5) is 0 Å². The Labute approximate surface area is 185 Å². The van der Waals surface area contributed by atoms with Gasteiger partial charge in [0.15, 0.2) is 5.96 Å². The van der Waals surface area contributed by atoms with Gasteiger partial charge in [-0.05, 0) is 38.3 Å². The average molecular weight is 503 g/mol. The molecule has 2 rings (SSSR count). The second-order valence-corrected chi connectivity index (χ2v) is 6.84. The minimum Gasteiger partial charge on any atom is -0.489 e. The fourth-order valence-electron chi connectivity index (χ4n) is 3.10. The van der Waals surface area contributed by atoms with Crippen LogP contribution in [0.2, 0.25) is 0 Å². The Morgan fingerprint density at radius 3 is 2.54 bits per heavy atom. The number of carbonyl (C=O) groups excluding carboxylic acids is 1. The summed E-state index contributed by atoms with van der Waals surface area (Å²) in [7, 11) is 0. The van der Waals surface area contributed by atoms with Gasteiger partial charge in [0, 0.05) is 25.7 Å².